The number of nitrogens with zero attached hydrogens (tertiary/aromatic N) is 3. The van der Waals surface area contributed by atoms with Crippen molar-refractivity contribution >= 4 is 23.0 Å². The van der Waals surface area contributed by atoms with Crippen LogP contribution in [0.4, 0.5) is 17.1 Å². The fourth-order valence-electron chi connectivity index (χ4n) is 1.88. The maximum Gasteiger partial charge on any atom is 0.342 e. The Balaban J connectivity index is 3.59. The molecule has 0 aromatic heterocycles. The molecule has 0 bridgehead atoms. The third-order valence-electron chi connectivity index (χ3n) is 2.80. The number of aliphatic hydroxyl groups excluding tert-OH is 2. The summed E-state index contributed by atoms with van der Waals surface area (Å²) in [6.07, 6.45) is 0. The van der Waals surface area contributed by atoms with Gasteiger partial charge in [-0.1, -0.05) is 0 Å². The highest BCUT2D eigenvalue weighted by molar-refractivity contribution is 5.95. The second kappa shape index (κ2) is 7.28. The van der Waals surface area contributed by atoms with Crippen molar-refractivity contribution in [3.63, 3.8) is 0 Å². The van der Waals surface area contributed by atoms with Crippen molar-refractivity contribution < 1.29 is 30.0 Å². The molecule has 0 aliphatic carbocycles. The predicted octanol–water partition coefficient (Wildman–Crippen LogP) is -0.00780. The Kier molecular flexibility index (Phi) is 5.72. The van der Waals surface area contributed by atoms with Gasteiger partial charge in [-0.05, 0) is 6.07 Å². The van der Waals surface area contributed by atoms with Gasteiger partial charge in [-0.25, -0.2) is 4.79 Å². The number of nitro benzene ring substituents is 2. The van der Waals surface area contributed by atoms with E-state index in [9.17, 15) is 25.0 Å². The number of hydrogen-bond donors (Lipinski definition) is 3. The van der Waals surface area contributed by atoms with E-state index in [1.54, 1.807) is 0 Å². The second-order valence-corrected chi connectivity index (χ2v) is 4.11. The summed E-state index contributed by atoms with van der Waals surface area (Å²) >= 11 is 0. The quantitative estimate of drug-likeness (QED) is 0.441. The summed E-state index contributed by atoms with van der Waals surface area (Å²) in [4.78, 5) is 32.3. The van der Waals surface area contributed by atoms with E-state index in [1.807, 2.05) is 0 Å². The van der Waals surface area contributed by atoms with Gasteiger partial charge in [0.25, 0.3) is 11.4 Å². The molecule has 120 valence electrons. The topological polar surface area (TPSA) is 167 Å². The van der Waals surface area contributed by atoms with Crippen LogP contribution in [0.15, 0.2) is 12.1 Å². The van der Waals surface area contributed by atoms with Crippen molar-refractivity contribution in [2.45, 2.75) is 0 Å². The number of rotatable bonds is 8. The molecule has 11 heteroatoms. The molecule has 11 nitrogen and oxygen atoms in total. The number of benzene rings is 1. The van der Waals surface area contributed by atoms with Gasteiger partial charge in [0, 0.05) is 13.1 Å². The summed E-state index contributed by atoms with van der Waals surface area (Å²) in [7, 11) is 0. The van der Waals surface area contributed by atoms with E-state index in [-0.39, 0.29) is 18.8 Å². The molecule has 0 saturated heterocycles. The van der Waals surface area contributed by atoms with Crippen LogP contribution in [-0.2, 0) is 0 Å². The Bertz CT molecular complexity index is 597. The van der Waals surface area contributed by atoms with E-state index in [0.717, 1.165) is 6.07 Å². The molecule has 0 fully saturated rings. The molecule has 0 aliphatic rings. The second-order valence-electron chi connectivity index (χ2n) is 4.11. The number of aliphatic hydroxyl groups is 2. The first kappa shape index (κ1) is 17.3. The van der Waals surface area contributed by atoms with Crippen molar-refractivity contribution in [2.24, 2.45) is 0 Å². The monoisotopic (exact) mass is 315 g/mol. The van der Waals surface area contributed by atoms with Gasteiger partial charge in [0.2, 0.25) is 0 Å². The molecule has 1 aromatic rings. The zero-order chi connectivity index (χ0) is 16.9. The lowest BCUT2D eigenvalue weighted by Gasteiger charge is -2.22. The fourth-order valence-corrected chi connectivity index (χ4v) is 1.88. The molecule has 1 rings (SSSR count). The Morgan fingerprint density at radius 3 is 1.91 bits per heavy atom. The molecule has 0 radical (unpaired) electrons. The summed E-state index contributed by atoms with van der Waals surface area (Å²) in [5.74, 6) is -1.62. The SMILES string of the molecule is O=C(O)c1cc(N(CCO)CCO)c([N+](=O)[O-])cc1[N+](=O)[O-]. The van der Waals surface area contributed by atoms with Crippen molar-refractivity contribution in [2.75, 3.05) is 31.2 Å². The van der Waals surface area contributed by atoms with E-state index >= 15 is 0 Å². The Morgan fingerprint density at radius 1 is 1.05 bits per heavy atom. The molecule has 0 atom stereocenters. The largest absolute Gasteiger partial charge is 0.477 e. The number of nitro groups is 2. The first-order chi connectivity index (χ1) is 10.3. The van der Waals surface area contributed by atoms with Crippen LogP contribution in [0.25, 0.3) is 0 Å². The number of aromatic carboxylic acids is 1. The van der Waals surface area contributed by atoms with Gasteiger partial charge in [0.15, 0.2) is 0 Å². The molecular weight excluding hydrogens is 302 g/mol. The average molecular weight is 315 g/mol. The smallest absolute Gasteiger partial charge is 0.342 e. The van der Waals surface area contributed by atoms with Gasteiger partial charge in [-0.2, -0.15) is 0 Å². The Labute approximate surface area is 123 Å². The first-order valence-corrected chi connectivity index (χ1v) is 6.00. The molecule has 0 heterocycles. The van der Waals surface area contributed by atoms with E-state index in [0.29, 0.717) is 6.07 Å². The summed E-state index contributed by atoms with van der Waals surface area (Å²) in [5, 5.41) is 48.9. The van der Waals surface area contributed by atoms with Crippen LogP contribution in [0.5, 0.6) is 0 Å². The summed E-state index contributed by atoms with van der Waals surface area (Å²) in [6, 6.07) is 1.35. The third-order valence-corrected chi connectivity index (χ3v) is 2.80. The lowest BCUT2D eigenvalue weighted by atomic mass is 10.1. The Hall–Kier alpha value is -2.79. The molecule has 0 aliphatic heterocycles. The van der Waals surface area contributed by atoms with Crippen molar-refractivity contribution in [1.29, 1.82) is 0 Å². The molecule has 22 heavy (non-hydrogen) atoms. The predicted molar refractivity (Wildman–Crippen MR) is 73.1 cm³/mol. The fraction of sp³-hybridized carbons (Fsp3) is 0.364. The van der Waals surface area contributed by atoms with Crippen LogP contribution in [0.1, 0.15) is 10.4 Å². The van der Waals surface area contributed by atoms with Crippen LogP contribution < -0.4 is 4.90 Å². The van der Waals surface area contributed by atoms with Crippen LogP contribution in [-0.4, -0.2) is 57.4 Å². The van der Waals surface area contributed by atoms with Gasteiger partial charge < -0.3 is 20.2 Å². The maximum atomic E-state index is 11.1. The van der Waals surface area contributed by atoms with E-state index in [2.05, 4.69) is 0 Å². The zero-order valence-electron chi connectivity index (χ0n) is 11.2. The highest BCUT2D eigenvalue weighted by atomic mass is 16.6. The van der Waals surface area contributed by atoms with Crippen molar-refractivity contribution in [1.82, 2.24) is 0 Å². The molecule has 3 N–H and O–H groups in total. The van der Waals surface area contributed by atoms with E-state index < -0.39 is 46.0 Å². The summed E-state index contributed by atoms with van der Waals surface area (Å²) in [5.41, 5.74) is -2.53. The van der Waals surface area contributed by atoms with Gasteiger partial charge >= 0.3 is 5.97 Å². The maximum absolute atomic E-state index is 11.1. The third kappa shape index (κ3) is 3.65. The van der Waals surface area contributed by atoms with Gasteiger partial charge in [-0.15, -0.1) is 0 Å². The first-order valence-electron chi connectivity index (χ1n) is 6.00. The number of anilines is 1. The van der Waals surface area contributed by atoms with Crippen molar-refractivity contribution in [3.05, 3.63) is 37.9 Å². The lowest BCUT2D eigenvalue weighted by molar-refractivity contribution is -0.393. The van der Waals surface area contributed by atoms with Gasteiger partial charge in [-0.3, -0.25) is 20.2 Å². The van der Waals surface area contributed by atoms with E-state index in [4.69, 9.17) is 15.3 Å². The number of carbonyl (C=O) groups is 1. The number of carboxylic acids is 1. The molecule has 1 aromatic carbocycles. The lowest BCUT2D eigenvalue weighted by Crippen LogP contribution is -2.30. The van der Waals surface area contributed by atoms with Crippen LogP contribution >= 0.6 is 0 Å². The minimum Gasteiger partial charge on any atom is -0.477 e. The van der Waals surface area contributed by atoms with Gasteiger partial charge in [0.1, 0.15) is 11.3 Å². The zero-order valence-corrected chi connectivity index (χ0v) is 11.2. The molecular formula is C11H13N3O8. The number of carboxylic acid groups (broad SMARTS) is 1. The molecule has 0 spiro atoms. The number of hydrogen-bond acceptors (Lipinski definition) is 8. The molecule has 0 unspecified atom stereocenters. The van der Waals surface area contributed by atoms with Crippen LogP contribution in [0, 0.1) is 20.2 Å². The average Bonchev–Trinajstić information content (AvgIpc) is 2.45. The summed E-state index contributed by atoms with van der Waals surface area (Å²) < 4.78 is 0. The minimum absolute atomic E-state index is 0.113. The Morgan fingerprint density at radius 2 is 1.55 bits per heavy atom. The molecule has 0 amide bonds. The highest BCUT2D eigenvalue weighted by Gasteiger charge is 2.30. The highest BCUT2D eigenvalue weighted by Crippen LogP contribution is 2.35. The van der Waals surface area contributed by atoms with Crippen molar-refractivity contribution in [3.8, 4) is 0 Å². The molecule has 0 saturated carbocycles. The van der Waals surface area contributed by atoms with Gasteiger partial charge in [0.05, 0.1) is 29.1 Å². The normalized spacial score (nSPS) is 10.3. The van der Waals surface area contributed by atoms with Crippen LogP contribution in [0.2, 0.25) is 0 Å². The summed E-state index contributed by atoms with van der Waals surface area (Å²) in [6.45, 7) is -1.04. The minimum atomic E-state index is -1.62. The standard InChI is InChI=1S/C11H13N3O8/c15-3-1-12(2-4-16)9-5-7(11(17)18)8(13(19)20)6-10(9)14(21)22/h5-6,15-16H,1-4H2,(H,17,18). The van der Waals surface area contributed by atoms with Crippen LogP contribution in [0.3, 0.4) is 0 Å². The van der Waals surface area contributed by atoms with E-state index in [1.165, 1.54) is 4.90 Å².